The molecule has 0 bridgehead atoms. The molecule has 0 atom stereocenters. The van der Waals surface area contributed by atoms with E-state index in [1.165, 1.54) is 38.2 Å². The number of hydrogen-bond acceptors (Lipinski definition) is 3. The van der Waals surface area contributed by atoms with Gasteiger partial charge in [-0.15, -0.1) is 0 Å². The van der Waals surface area contributed by atoms with Crippen LogP contribution in [-0.2, 0) is 22.6 Å². The Balaban J connectivity index is 1.65. The molecule has 2 N–H and O–H groups in total. The first kappa shape index (κ1) is 20.6. The molecular weight excluding hydrogens is 333 g/mol. The van der Waals surface area contributed by atoms with Crippen LogP contribution in [0.15, 0.2) is 23.2 Å². The van der Waals surface area contributed by atoms with Gasteiger partial charge < -0.3 is 20.1 Å². The van der Waals surface area contributed by atoms with Gasteiger partial charge in [-0.1, -0.05) is 25.3 Å². The highest BCUT2D eigenvalue weighted by Gasteiger charge is 2.13. The minimum absolute atomic E-state index is 0.240. The van der Waals surface area contributed by atoms with Crippen LogP contribution in [0.3, 0.4) is 0 Å². The summed E-state index contributed by atoms with van der Waals surface area (Å²) in [5.41, 5.74) is 1.55. The summed E-state index contributed by atoms with van der Waals surface area (Å²) >= 11 is 0. The van der Waals surface area contributed by atoms with Crippen molar-refractivity contribution in [2.24, 2.45) is 4.99 Å². The van der Waals surface area contributed by atoms with E-state index in [-0.39, 0.29) is 12.4 Å². The second-order valence-electron chi connectivity index (χ2n) is 6.70. The van der Waals surface area contributed by atoms with Gasteiger partial charge >= 0.3 is 0 Å². The van der Waals surface area contributed by atoms with Crippen LogP contribution in [0.5, 0.6) is 0 Å². The molecule has 6 heteroatoms. The van der Waals surface area contributed by atoms with Gasteiger partial charge in [0.15, 0.2) is 5.96 Å². The van der Waals surface area contributed by atoms with Crippen LogP contribution in [0.4, 0.5) is 4.39 Å². The maximum atomic E-state index is 13.6. The van der Waals surface area contributed by atoms with Crippen molar-refractivity contribution < 1.29 is 13.9 Å². The van der Waals surface area contributed by atoms with Gasteiger partial charge in [-0.05, 0) is 37.0 Å². The molecule has 1 aliphatic carbocycles. The van der Waals surface area contributed by atoms with Crippen molar-refractivity contribution in [1.29, 1.82) is 0 Å². The number of nitrogens with zero attached hydrogens (tertiary/aromatic N) is 1. The lowest BCUT2D eigenvalue weighted by molar-refractivity contribution is 0.0277. The monoisotopic (exact) mass is 365 g/mol. The molecule has 5 nitrogen and oxygen atoms in total. The van der Waals surface area contributed by atoms with Crippen LogP contribution in [0.1, 0.15) is 49.7 Å². The molecule has 2 rings (SSSR count). The molecule has 0 spiro atoms. The van der Waals surface area contributed by atoms with E-state index >= 15 is 0 Å². The van der Waals surface area contributed by atoms with Crippen molar-refractivity contribution in [1.82, 2.24) is 10.6 Å². The Kier molecular flexibility index (Phi) is 9.42. The second-order valence-corrected chi connectivity index (χ2v) is 6.70. The Morgan fingerprint density at radius 3 is 2.77 bits per heavy atom. The average Bonchev–Trinajstić information content (AvgIpc) is 2.67. The fraction of sp³-hybridized carbons (Fsp3) is 0.650. The number of methoxy groups -OCH3 is 1. The van der Waals surface area contributed by atoms with Gasteiger partial charge in [0.1, 0.15) is 5.82 Å². The van der Waals surface area contributed by atoms with Gasteiger partial charge in [-0.3, -0.25) is 4.99 Å². The van der Waals surface area contributed by atoms with E-state index in [4.69, 9.17) is 9.47 Å². The van der Waals surface area contributed by atoms with Crippen molar-refractivity contribution in [3.63, 3.8) is 0 Å². The Bertz CT molecular complexity index is 560. The normalized spacial score (nSPS) is 15.9. The van der Waals surface area contributed by atoms with Crippen molar-refractivity contribution in [3.8, 4) is 0 Å². The smallest absolute Gasteiger partial charge is 0.191 e. The molecular formula is C20H32FN3O2. The summed E-state index contributed by atoms with van der Waals surface area (Å²) in [4.78, 5) is 4.22. The standard InChI is InChI=1S/C20H32FN3O2/c1-22-20(23-11-6-12-26-18-7-4-3-5-8-18)24-14-16-9-10-19(21)17(13-16)15-25-2/h9-10,13,18H,3-8,11-12,14-15H2,1-2H3,(H2,22,23,24). The highest BCUT2D eigenvalue weighted by Crippen LogP contribution is 2.20. The largest absolute Gasteiger partial charge is 0.380 e. The van der Waals surface area contributed by atoms with E-state index in [1.54, 1.807) is 20.2 Å². The van der Waals surface area contributed by atoms with E-state index in [0.717, 1.165) is 31.1 Å². The van der Waals surface area contributed by atoms with Gasteiger partial charge in [-0.25, -0.2) is 4.39 Å². The predicted molar refractivity (Wildman–Crippen MR) is 103 cm³/mol. The summed E-state index contributed by atoms with van der Waals surface area (Å²) in [5.74, 6) is 0.497. The summed E-state index contributed by atoms with van der Waals surface area (Å²) in [6.07, 6.45) is 7.78. The van der Waals surface area contributed by atoms with E-state index < -0.39 is 0 Å². The molecule has 0 saturated heterocycles. The highest BCUT2D eigenvalue weighted by atomic mass is 19.1. The molecule has 0 unspecified atom stereocenters. The zero-order chi connectivity index (χ0) is 18.6. The first-order chi connectivity index (χ1) is 12.7. The summed E-state index contributed by atoms with van der Waals surface area (Å²) in [7, 11) is 3.31. The number of nitrogens with one attached hydrogen (secondary N) is 2. The highest BCUT2D eigenvalue weighted by molar-refractivity contribution is 5.79. The number of benzene rings is 1. The van der Waals surface area contributed by atoms with E-state index in [2.05, 4.69) is 15.6 Å². The van der Waals surface area contributed by atoms with Crippen molar-refractivity contribution in [2.75, 3.05) is 27.3 Å². The second kappa shape index (κ2) is 11.9. The van der Waals surface area contributed by atoms with Gasteiger partial charge in [0.2, 0.25) is 0 Å². The predicted octanol–water partition coefficient (Wildman–Crippen LogP) is 3.38. The van der Waals surface area contributed by atoms with E-state index in [9.17, 15) is 4.39 Å². The summed E-state index contributed by atoms with van der Waals surface area (Å²) in [6.45, 7) is 2.45. The summed E-state index contributed by atoms with van der Waals surface area (Å²) in [6, 6.07) is 5.06. The number of halogens is 1. The molecule has 0 aliphatic heterocycles. The SMILES string of the molecule is CN=C(NCCCOC1CCCCC1)NCc1ccc(F)c(COC)c1. The van der Waals surface area contributed by atoms with Gasteiger partial charge in [0.25, 0.3) is 0 Å². The van der Waals surface area contributed by atoms with Crippen LogP contribution in [0.2, 0.25) is 0 Å². The molecule has 1 aliphatic rings. The van der Waals surface area contributed by atoms with Gasteiger partial charge in [-0.2, -0.15) is 0 Å². The molecule has 1 fully saturated rings. The molecule has 26 heavy (non-hydrogen) atoms. The number of rotatable bonds is 9. The van der Waals surface area contributed by atoms with Crippen LogP contribution in [-0.4, -0.2) is 39.4 Å². The number of aliphatic imine (C=N–C) groups is 1. The summed E-state index contributed by atoms with van der Waals surface area (Å²) < 4.78 is 24.6. The zero-order valence-corrected chi connectivity index (χ0v) is 16.0. The minimum atomic E-state index is -0.240. The zero-order valence-electron chi connectivity index (χ0n) is 16.0. The van der Waals surface area contributed by atoms with Crippen LogP contribution in [0, 0.1) is 5.82 Å². The van der Waals surface area contributed by atoms with Gasteiger partial charge in [0.05, 0.1) is 12.7 Å². The molecule has 1 aromatic carbocycles. The third-order valence-electron chi connectivity index (χ3n) is 4.61. The van der Waals surface area contributed by atoms with Crippen molar-refractivity contribution in [3.05, 3.63) is 35.1 Å². The fourth-order valence-corrected chi connectivity index (χ4v) is 3.17. The van der Waals surface area contributed by atoms with Crippen LogP contribution in [0.25, 0.3) is 0 Å². The summed E-state index contributed by atoms with van der Waals surface area (Å²) in [5, 5.41) is 6.54. The molecule has 1 aromatic rings. The first-order valence-corrected chi connectivity index (χ1v) is 9.55. The third kappa shape index (κ3) is 7.30. The Morgan fingerprint density at radius 1 is 1.23 bits per heavy atom. The fourth-order valence-electron chi connectivity index (χ4n) is 3.17. The number of guanidine groups is 1. The molecule has 0 amide bonds. The lowest BCUT2D eigenvalue weighted by Crippen LogP contribution is -2.37. The van der Waals surface area contributed by atoms with Crippen molar-refractivity contribution >= 4 is 5.96 Å². The molecule has 0 aromatic heterocycles. The molecule has 146 valence electrons. The number of hydrogen-bond donors (Lipinski definition) is 2. The third-order valence-corrected chi connectivity index (χ3v) is 4.61. The topological polar surface area (TPSA) is 54.9 Å². The molecule has 0 radical (unpaired) electrons. The molecule has 0 heterocycles. The lowest BCUT2D eigenvalue weighted by atomic mass is 9.98. The number of ether oxygens (including phenoxy) is 2. The average molecular weight is 365 g/mol. The maximum absolute atomic E-state index is 13.6. The van der Waals surface area contributed by atoms with E-state index in [0.29, 0.717) is 18.2 Å². The maximum Gasteiger partial charge on any atom is 0.191 e. The minimum Gasteiger partial charge on any atom is -0.380 e. The first-order valence-electron chi connectivity index (χ1n) is 9.55. The van der Waals surface area contributed by atoms with Crippen LogP contribution >= 0.6 is 0 Å². The van der Waals surface area contributed by atoms with Crippen molar-refractivity contribution in [2.45, 2.75) is 57.8 Å². The van der Waals surface area contributed by atoms with E-state index in [1.807, 2.05) is 6.07 Å². The Hall–Kier alpha value is -1.66. The lowest BCUT2D eigenvalue weighted by Gasteiger charge is -2.22. The Morgan fingerprint density at radius 2 is 2.04 bits per heavy atom. The molecule has 1 saturated carbocycles. The Labute approximate surface area is 156 Å². The van der Waals surface area contributed by atoms with Gasteiger partial charge in [0, 0.05) is 39.4 Å². The van der Waals surface area contributed by atoms with Crippen LogP contribution < -0.4 is 10.6 Å². The quantitative estimate of drug-likeness (QED) is 0.400.